The second-order valence-electron chi connectivity index (χ2n) is 6.14. The fourth-order valence-corrected chi connectivity index (χ4v) is 3.30. The van der Waals surface area contributed by atoms with Crippen molar-refractivity contribution in [3.05, 3.63) is 34.9 Å². The van der Waals surface area contributed by atoms with Crippen molar-refractivity contribution in [2.45, 2.75) is 44.8 Å². The van der Waals surface area contributed by atoms with E-state index in [0.29, 0.717) is 11.6 Å². The van der Waals surface area contributed by atoms with Gasteiger partial charge in [0.15, 0.2) is 0 Å². The molecule has 0 radical (unpaired) electrons. The smallest absolute Gasteiger partial charge is 0.317 e. The molecular weight excluding hydrogens is 330 g/mol. The Morgan fingerprint density at radius 2 is 2.04 bits per heavy atom. The summed E-state index contributed by atoms with van der Waals surface area (Å²) < 4.78 is 0. The molecule has 24 heavy (non-hydrogen) atoms. The number of urea groups is 1. The third-order valence-corrected chi connectivity index (χ3v) is 4.77. The molecule has 1 aromatic carbocycles. The number of benzene rings is 1. The molecule has 1 saturated carbocycles. The topological polar surface area (TPSA) is 81.7 Å². The largest absolute Gasteiger partial charge is 0.480 e. The number of rotatable bonds is 7. The zero-order valence-electron chi connectivity index (χ0n) is 14.0. The fourth-order valence-electron chi connectivity index (χ4n) is 3.00. The molecule has 7 heteroatoms. The molecule has 2 amide bonds. The van der Waals surface area contributed by atoms with Crippen molar-refractivity contribution in [3.8, 4) is 0 Å². The molecule has 0 heterocycles. The highest BCUT2D eigenvalue weighted by Crippen LogP contribution is 2.26. The molecule has 0 aromatic heterocycles. The number of nitrogens with zero attached hydrogens (tertiary/aromatic N) is 1. The lowest BCUT2D eigenvalue weighted by Gasteiger charge is -2.42. The Bertz CT molecular complexity index is 590. The van der Waals surface area contributed by atoms with E-state index in [1.54, 1.807) is 6.07 Å². The average molecular weight is 354 g/mol. The van der Waals surface area contributed by atoms with Crippen molar-refractivity contribution >= 4 is 23.6 Å². The number of nitrogens with one attached hydrogen (secondary N) is 2. The van der Waals surface area contributed by atoms with Crippen molar-refractivity contribution in [2.24, 2.45) is 0 Å². The Kier molecular flexibility index (Phi) is 6.45. The number of halogens is 1. The molecule has 0 aliphatic heterocycles. The first-order chi connectivity index (χ1) is 11.4. The highest BCUT2D eigenvalue weighted by atomic mass is 35.5. The molecule has 6 nitrogen and oxygen atoms in total. The number of hydrogen-bond acceptors (Lipinski definition) is 3. The number of carbonyl (C=O) groups excluding carboxylic acids is 1. The van der Waals surface area contributed by atoms with Gasteiger partial charge >= 0.3 is 12.0 Å². The highest BCUT2D eigenvalue weighted by molar-refractivity contribution is 6.31. The normalized spacial score (nSPS) is 21.0. The van der Waals surface area contributed by atoms with Crippen LogP contribution in [0.3, 0.4) is 0 Å². The molecule has 0 spiro atoms. The van der Waals surface area contributed by atoms with Gasteiger partial charge in [-0.2, -0.15) is 0 Å². The van der Waals surface area contributed by atoms with Gasteiger partial charge in [0.05, 0.1) is 12.6 Å². The van der Waals surface area contributed by atoms with E-state index >= 15 is 0 Å². The molecule has 1 fully saturated rings. The third kappa shape index (κ3) is 4.85. The van der Waals surface area contributed by atoms with Gasteiger partial charge in [-0.05, 0) is 37.9 Å². The molecule has 1 aliphatic rings. The summed E-state index contributed by atoms with van der Waals surface area (Å²) in [5.74, 6) is -0.820. The average Bonchev–Trinajstić information content (AvgIpc) is 2.48. The number of carbonyl (C=O) groups is 2. The fraction of sp³-hybridized carbons (Fsp3) is 0.529. The van der Waals surface area contributed by atoms with Gasteiger partial charge < -0.3 is 15.7 Å². The van der Waals surface area contributed by atoms with Crippen LogP contribution in [0.1, 0.15) is 38.3 Å². The predicted octanol–water partition coefficient (Wildman–Crippen LogP) is 2.64. The molecule has 1 aromatic rings. The summed E-state index contributed by atoms with van der Waals surface area (Å²) >= 11 is 6.13. The van der Waals surface area contributed by atoms with Crippen LogP contribution in [0.4, 0.5) is 4.79 Å². The number of likely N-dealkylation sites (N-methyl/N-ethyl adjacent to an activating group) is 1. The number of carboxylic acids is 1. The first-order valence-electron chi connectivity index (χ1n) is 8.18. The second-order valence-corrected chi connectivity index (χ2v) is 6.55. The van der Waals surface area contributed by atoms with E-state index in [1.807, 2.05) is 36.9 Å². The Morgan fingerprint density at radius 3 is 2.62 bits per heavy atom. The van der Waals surface area contributed by atoms with E-state index in [1.165, 1.54) is 0 Å². The summed E-state index contributed by atoms with van der Waals surface area (Å²) in [5, 5.41) is 15.3. The van der Waals surface area contributed by atoms with Crippen LogP contribution in [0.25, 0.3) is 0 Å². The van der Waals surface area contributed by atoms with E-state index < -0.39 is 5.97 Å². The zero-order chi connectivity index (χ0) is 17.7. The van der Waals surface area contributed by atoms with Crippen LogP contribution >= 0.6 is 11.6 Å². The van der Waals surface area contributed by atoms with Gasteiger partial charge in [0.1, 0.15) is 0 Å². The number of amides is 2. The van der Waals surface area contributed by atoms with Gasteiger partial charge in [-0.3, -0.25) is 9.69 Å². The minimum absolute atomic E-state index is 0.0453. The SMILES string of the molecule is CCN(CC(=O)O)C1CC(NC(=O)N[C@H](C)c2ccccc2Cl)C1. The highest BCUT2D eigenvalue weighted by Gasteiger charge is 2.34. The van der Waals surface area contributed by atoms with Crippen molar-refractivity contribution in [1.29, 1.82) is 0 Å². The van der Waals surface area contributed by atoms with E-state index in [2.05, 4.69) is 10.6 Å². The lowest BCUT2D eigenvalue weighted by atomic mass is 9.85. The van der Waals surface area contributed by atoms with Crippen molar-refractivity contribution in [1.82, 2.24) is 15.5 Å². The summed E-state index contributed by atoms with van der Waals surface area (Å²) in [5.41, 5.74) is 0.874. The molecule has 2 rings (SSSR count). The maximum atomic E-state index is 12.1. The summed E-state index contributed by atoms with van der Waals surface area (Å²) in [6, 6.07) is 7.30. The molecule has 132 valence electrons. The van der Waals surface area contributed by atoms with E-state index in [9.17, 15) is 9.59 Å². The zero-order valence-corrected chi connectivity index (χ0v) is 14.7. The van der Waals surface area contributed by atoms with Crippen LogP contribution < -0.4 is 10.6 Å². The van der Waals surface area contributed by atoms with Gasteiger partial charge in [0.2, 0.25) is 0 Å². The van der Waals surface area contributed by atoms with Gasteiger partial charge in [0, 0.05) is 17.1 Å². The van der Waals surface area contributed by atoms with Crippen LogP contribution in [0, 0.1) is 0 Å². The molecule has 1 atom stereocenters. The summed E-state index contributed by atoms with van der Waals surface area (Å²) in [7, 11) is 0. The quantitative estimate of drug-likeness (QED) is 0.703. The van der Waals surface area contributed by atoms with Gasteiger partial charge in [0.25, 0.3) is 0 Å². The standard InChI is InChI=1S/C17H24ClN3O3/c1-3-21(10-16(22)23)13-8-12(9-13)20-17(24)19-11(2)14-6-4-5-7-15(14)18/h4-7,11-13H,3,8-10H2,1-2H3,(H,22,23)(H2,19,20,24)/t11-,12?,13?/m1/s1. The van der Waals surface area contributed by atoms with Crippen LogP contribution in [0.5, 0.6) is 0 Å². The Balaban J connectivity index is 1.76. The Morgan fingerprint density at radius 1 is 1.38 bits per heavy atom. The maximum absolute atomic E-state index is 12.1. The maximum Gasteiger partial charge on any atom is 0.317 e. The van der Waals surface area contributed by atoms with E-state index in [0.717, 1.165) is 18.4 Å². The van der Waals surface area contributed by atoms with E-state index in [-0.39, 0.29) is 30.7 Å². The van der Waals surface area contributed by atoms with Crippen LogP contribution in [-0.4, -0.2) is 47.2 Å². The summed E-state index contributed by atoms with van der Waals surface area (Å²) in [4.78, 5) is 24.8. The number of carboxylic acid groups (broad SMARTS) is 1. The van der Waals surface area contributed by atoms with Gasteiger partial charge in [-0.15, -0.1) is 0 Å². The van der Waals surface area contributed by atoms with E-state index in [4.69, 9.17) is 16.7 Å². The van der Waals surface area contributed by atoms with Crippen LogP contribution in [0.2, 0.25) is 5.02 Å². The third-order valence-electron chi connectivity index (χ3n) is 4.43. The predicted molar refractivity (Wildman–Crippen MR) is 93.2 cm³/mol. The van der Waals surface area contributed by atoms with Crippen LogP contribution in [0.15, 0.2) is 24.3 Å². The lowest BCUT2D eigenvalue weighted by molar-refractivity contribution is -0.139. The molecule has 1 aliphatic carbocycles. The van der Waals surface area contributed by atoms with Gasteiger partial charge in [-0.1, -0.05) is 36.7 Å². The summed E-state index contributed by atoms with van der Waals surface area (Å²) in [6.07, 6.45) is 1.55. The molecule has 0 unspecified atom stereocenters. The van der Waals surface area contributed by atoms with Crippen molar-refractivity contribution in [3.63, 3.8) is 0 Å². The lowest BCUT2D eigenvalue weighted by Crippen LogP contribution is -2.56. The van der Waals surface area contributed by atoms with Crippen molar-refractivity contribution < 1.29 is 14.7 Å². The Labute approximate surface area is 147 Å². The first-order valence-corrected chi connectivity index (χ1v) is 8.55. The molecular formula is C17H24ClN3O3. The molecule has 3 N–H and O–H groups in total. The van der Waals surface area contributed by atoms with Gasteiger partial charge in [-0.25, -0.2) is 4.79 Å². The number of aliphatic carboxylic acids is 1. The molecule has 0 bridgehead atoms. The van der Waals surface area contributed by atoms with Crippen LogP contribution in [-0.2, 0) is 4.79 Å². The minimum Gasteiger partial charge on any atom is -0.480 e. The summed E-state index contributed by atoms with van der Waals surface area (Å²) in [6.45, 7) is 4.57. The van der Waals surface area contributed by atoms with Crippen molar-refractivity contribution in [2.75, 3.05) is 13.1 Å². The minimum atomic E-state index is -0.820. The first kappa shape index (κ1) is 18.5. The molecule has 0 saturated heterocycles. The Hall–Kier alpha value is -1.79. The number of hydrogen-bond donors (Lipinski definition) is 3. The monoisotopic (exact) mass is 353 g/mol. The second kappa shape index (κ2) is 8.35.